The van der Waals surface area contributed by atoms with Crippen LogP contribution in [0.1, 0.15) is 16.1 Å². The van der Waals surface area contributed by atoms with Crippen LogP contribution in [0.25, 0.3) is 10.1 Å². The van der Waals surface area contributed by atoms with Crippen molar-refractivity contribution in [1.29, 1.82) is 0 Å². The maximum Gasteiger partial charge on any atom is 0.490 e. The number of alkyl halides is 3. The third-order valence-corrected chi connectivity index (χ3v) is 4.99. The summed E-state index contributed by atoms with van der Waals surface area (Å²) in [6.07, 6.45) is -3.94. The van der Waals surface area contributed by atoms with Crippen molar-refractivity contribution in [3.05, 3.63) is 34.2 Å². The van der Waals surface area contributed by atoms with Crippen molar-refractivity contribution in [2.45, 2.75) is 12.6 Å². The summed E-state index contributed by atoms with van der Waals surface area (Å²) in [6.45, 7) is 2.81. The molecule has 2 aromatic rings. The highest BCUT2D eigenvalue weighted by Crippen LogP contribution is 2.28. The molecule has 1 aliphatic heterocycles. The Morgan fingerprint density at radius 3 is 2.62 bits per heavy atom. The van der Waals surface area contributed by atoms with Crippen LogP contribution in [0.15, 0.2) is 24.3 Å². The van der Waals surface area contributed by atoms with Crippen LogP contribution in [-0.4, -0.2) is 42.8 Å². The molecule has 26 heavy (non-hydrogen) atoms. The van der Waals surface area contributed by atoms with E-state index in [2.05, 4.69) is 10.6 Å². The lowest BCUT2D eigenvalue weighted by Crippen LogP contribution is -2.29. The van der Waals surface area contributed by atoms with Gasteiger partial charge in [0.15, 0.2) is 0 Å². The highest BCUT2D eigenvalue weighted by Gasteiger charge is 2.38. The maximum atomic E-state index is 12.1. The molecular formula is C16H16ClF3N2O3S. The Hall–Kier alpha value is -1.84. The number of carboxylic acid groups (broad SMARTS) is 1. The molecule has 1 saturated heterocycles. The second-order valence-electron chi connectivity index (χ2n) is 5.66. The second kappa shape index (κ2) is 8.70. The van der Waals surface area contributed by atoms with Gasteiger partial charge in [0.1, 0.15) is 0 Å². The average molecular weight is 409 g/mol. The zero-order chi connectivity index (χ0) is 19.3. The molecule has 0 bridgehead atoms. The van der Waals surface area contributed by atoms with Crippen LogP contribution in [0, 0.1) is 5.92 Å². The molecule has 1 aromatic carbocycles. The largest absolute Gasteiger partial charge is 0.490 e. The van der Waals surface area contributed by atoms with Gasteiger partial charge in [-0.15, -0.1) is 11.3 Å². The molecule has 3 N–H and O–H groups in total. The molecule has 0 spiro atoms. The van der Waals surface area contributed by atoms with E-state index in [0.29, 0.717) is 10.9 Å². The van der Waals surface area contributed by atoms with Crippen LogP contribution in [0.3, 0.4) is 0 Å². The number of halogens is 4. The van der Waals surface area contributed by atoms with Gasteiger partial charge in [0.25, 0.3) is 5.91 Å². The molecule has 1 amide bonds. The Bertz CT molecular complexity index is 789. The predicted molar refractivity (Wildman–Crippen MR) is 93.8 cm³/mol. The number of rotatable bonds is 3. The Morgan fingerprint density at radius 2 is 2.04 bits per heavy atom. The molecule has 142 valence electrons. The standard InChI is InChI=1S/C14H15ClN2OS.C2HF3O2/c15-11-2-1-10-5-13(19-12(10)6-11)14(18)17-8-9-3-4-16-7-9;3-2(4,5)1(6)7/h1-2,5-6,9,16H,3-4,7-8H2,(H,17,18);(H,6,7)/t9-;/m0./s1. The summed E-state index contributed by atoms with van der Waals surface area (Å²) >= 11 is 7.44. The second-order valence-corrected chi connectivity index (χ2v) is 7.18. The van der Waals surface area contributed by atoms with E-state index in [-0.39, 0.29) is 5.91 Å². The van der Waals surface area contributed by atoms with E-state index in [4.69, 9.17) is 21.5 Å². The van der Waals surface area contributed by atoms with Crippen molar-refractivity contribution < 1.29 is 27.9 Å². The van der Waals surface area contributed by atoms with Gasteiger partial charge >= 0.3 is 12.1 Å². The lowest BCUT2D eigenvalue weighted by atomic mass is 10.1. The Labute approximate surface area is 156 Å². The van der Waals surface area contributed by atoms with Crippen molar-refractivity contribution in [3.63, 3.8) is 0 Å². The van der Waals surface area contributed by atoms with E-state index in [0.717, 1.165) is 41.0 Å². The predicted octanol–water partition coefficient (Wildman–Crippen LogP) is 3.53. The van der Waals surface area contributed by atoms with Crippen LogP contribution in [0.4, 0.5) is 13.2 Å². The maximum absolute atomic E-state index is 12.1. The average Bonchev–Trinajstić information content (AvgIpc) is 3.21. The van der Waals surface area contributed by atoms with Gasteiger partial charge in [0.2, 0.25) is 0 Å². The summed E-state index contributed by atoms with van der Waals surface area (Å²) in [5, 5.41) is 15.2. The fraction of sp³-hybridized carbons (Fsp3) is 0.375. The van der Waals surface area contributed by atoms with Crippen LogP contribution in [-0.2, 0) is 4.79 Å². The third-order valence-electron chi connectivity index (χ3n) is 3.66. The fourth-order valence-corrected chi connectivity index (χ4v) is 3.58. The molecule has 0 unspecified atom stereocenters. The molecule has 10 heteroatoms. The zero-order valence-corrected chi connectivity index (χ0v) is 15.0. The third kappa shape index (κ3) is 5.86. The Morgan fingerprint density at radius 1 is 1.35 bits per heavy atom. The molecule has 1 aliphatic rings. The number of aliphatic carboxylic acids is 1. The molecule has 2 heterocycles. The Kier molecular flexibility index (Phi) is 6.85. The summed E-state index contributed by atoms with van der Waals surface area (Å²) in [6, 6.07) is 7.63. The molecule has 1 atom stereocenters. The zero-order valence-electron chi connectivity index (χ0n) is 13.4. The number of benzene rings is 1. The van der Waals surface area contributed by atoms with Crippen molar-refractivity contribution in [2.75, 3.05) is 19.6 Å². The monoisotopic (exact) mass is 408 g/mol. The van der Waals surface area contributed by atoms with Crippen LogP contribution in [0.2, 0.25) is 5.02 Å². The number of carbonyl (C=O) groups excluding carboxylic acids is 1. The van der Waals surface area contributed by atoms with Gasteiger partial charge in [0, 0.05) is 16.3 Å². The quantitative estimate of drug-likeness (QED) is 0.726. The lowest BCUT2D eigenvalue weighted by Gasteiger charge is -2.08. The molecular weight excluding hydrogens is 393 g/mol. The minimum Gasteiger partial charge on any atom is -0.475 e. The number of hydrogen-bond acceptors (Lipinski definition) is 4. The van der Waals surface area contributed by atoms with Gasteiger partial charge < -0.3 is 15.7 Å². The van der Waals surface area contributed by atoms with E-state index in [9.17, 15) is 18.0 Å². The van der Waals surface area contributed by atoms with Gasteiger partial charge in [-0.3, -0.25) is 4.79 Å². The van der Waals surface area contributed by atoms with Crippen LogP contribution < -0.4 is 10.6 Å². The highest BCUT2D eigenvalue weighted by molar-refractivity contribution is 7.20. The van der Waals surface area contributed by atoms with E-state index < -0.39 is 12.1 Å². The van der Waals surface area contributed by atoms with Gasteiger partial charge in [-0.25, -0.2) is 4.79 Å². The van der Waals surface area contributed by atoms with Gasteiger partial charge in [0.05, 0.1) is 4.88 Å². The fourth-order valence-electron chi connectivity index (χ4n) is 2.33. The number of nitrogens with one attached hydrogen (secondary N) is 2. The summed E-state index contributed by atoms with van der Waals surface area (Å²) in [7, 11) is 0. The van der Waals surface area contributed by atoms with Crippen LogP contribution in [0.5, 0.6) is 0 Å². The summed E-state index contributed by atoms with van der Waals surface area (Å²) < 4.78 is 32.8. The van der Waals surface area contributed by atoms with E-state index >= 15 is 0 Å². The summed E-state index contributed by atoms with van der Waals surface area (Å²) in [5.74, 6) is -2.18. The molecule has 5 nitrogen and oxygen atoms in total. The number of carboxylic acids is 1. The molecule has 0 aliphatic carbocycles. The first-order valence-electron chi connectivity index (χ1n) is 7.65. The number of fused-ring (bicyclic) bond motifs is 1. The smallest absolute Gasteiger partial charge is 0.475 e. The minimum absolute atomic E-state index is 0.0178. The SMILES string of the molecule is O=C(NC[C@H]1CCNC1)c1cc2ccc(Cl)cc2s1.O=C(O)C(F)(F)F. The van der Waals surface area contributed by atoms with E-state index in [1.165, 1.54) is 11.3 Å². The normalized spacial score (nSPS) is 16.8. The van der Waals surface area contributed by atoms with Crippen molar-refractivity contribution in [2.24, 2.45) is 5.92 Å². The lowest BCUT2D eigenvalue weighted by molar-refractivity contribution is -0.192. The van der Waals surface area contributed by atoms with Crippen molar-refractivity contribution >= 4 is 44.9 Å². The first kappa shape index (κ1) is 20.5. The number of thiophene rings is 1. The van der Waals surface area contributed by atoms with Crippen molar-refractivity contribution in [1.82, 2.24) is 10.6 Å². The number of carbonyl (C=O) groups is 2. The first-order chi connectivity index (χ1) is 12.2. The molecule has 1 fully saturated rings. The Balaban J connectivity index is 0.000000298. The molecule has 1 aromatic heterocycles. The molecule has 0 radical (unpaired) electrons. The van der Waals surface area contributed by atoms with E-state index in [1.54, 1.807) is 0 Å². The summed E-state index contributed by atoms with van der Waals surface area (Å²) in [5.41, 5.74) is 0. The molecule has 0 saturated carbocycles. The molecule has 3 rings (SSSR count). The van der Waals surface area contributed by atoms with Crippen molar-refractivity contribution in [3.8, 4) is 0 Å². The topological polar surface area (TPSA) is 78.4 Å². The van der Waals surface area contributed by atoms with Gasteiger partial charge in [-0.1, -0.05) is 17.7 Å². The minimum atomic E-state index is -5.08. The number of hydrogen-bond donors (Lipinski definition) is 3. The van der Waals surface area contributed by atoms with Crippen LogP contribution >= 0.6 is 22.9 Å². The highest BCUT2D eigenvalue weighted by atomic mass is 35.5. The number of amides is 1. The van der Waals surface area contributed by atoms with Gasteiger partial charge in [-0.05, 0) is 49.0 Å². The summed E-state index contributed by atoms with van der Waals surface area (Å²) in [4.78, 5) is 21.8. The first-order valence-corrected chi connectivity index (χ1v) is 8.84. The van der Waals surface area contributed by atoms with Gasteiger partial charge in [-0.2, -0.15) is 13.2 Å². The van der Waals surface area contributed by atoms with E-state index in [1.807, 2.05) is 24.3 Å².